The Labute approximate surface area is 99.7 Å². The van der Waals surface area contributed by atoms with Crippen molar-refractivity contribution in [3.8, 4) is 0 Å². The fraction of sp³-hybridized carbons (Fsp3) is 0.333. The van der Waals surface area contributed by atoms with E-state index in [-0.39, 0.29) is 6.04 Å². The van der Waals surface area contributed by atoms with Crippen LogP contribution in [-0.2, 0) is 6.42 Å². The predicted octanol–water partition coefficient (Wildman–Crippen LogP) is 2.48. The van der Waals surface area contributed by atoms with Gasteiger partial charge in [0.05, 0.1) is 10.5 Å². The summed E-state index contributed by atoms with van der Waals surface area (Å²) in [5.74, 6) is 0.758. The van der Waals surface area contributed by atoms with E-state index >= 15 is 0 Å². The number of benzene rings is 1. The Hall–Kier alpha value is -1.19. The largest absolute Gasteiger partial charge is 0.328 e. The molecule has 1 aromatic carbocycles. The van der Waals surface area contributed by atoms with E-state index in [2.05, 4.69) is 9.97 Å². The second-order valence-electron chi connectivity index (χ2n) is 4.04. The van der Waals surface area contributed by atoms with Gasteiger partial charge in [-0.05, 0) is 19.9 Å². The molecule has 0 fully saturated rings. The molecule has 0 aliphatic carbocycles. The van der Waals surface area contributed by atoms with E-state index < -0.39 is 0 Å². The lowest BCUT2D eigenvalue weighted by molar-refractivity contribution is 0.703. The molecule has 0 saturated carbocycles. The highest BCUT2D eigenvalue weighted by Gasteiger charge is 2.08. The number of fused-ring (bicyclic) bond motifs is 1. The molecule has 84 valence electrons. The molecular formula is C12H14ClN3. The van der Waals surface area contributed by atoms with E-state index in [0.717, 1.165) is 22.4 Å². The van der Waals surface area contributed by atoms with Crippen molar-refractivity contribution in [1.82, 2.24) is 9.97 Å². The van der Waals surface area contributed by atoms with Crippen LogP contribution in [0.15, 0.2) is 18.2 Å². The SMILES string of the molecule is Cc1nc(CC(C)N)nc2c(Cl)cccc12. The van der Waals surface area contributed by atoms with Crippen LogP contribution in [0.2, 0.25) is 5.02 Å². The number of nitrogens with two attached hydrogens (primary N) is 1. The van der Waals surface area contributed by atoms with E-state index in [4.69, 9.17) is 17.3 Å². The van der Waals surface area contributed by atoms with Crippen molar-refractivity contribution in [3.05, 3.63) is 34.7 Å². The molecule has 1 aromatic heterocycles. The molecule has 0 aliphatic rings. The average Bonchev–Trinajstić information content (AvgIpc) is 2.19. The van der Waals surface area contributed by atoms with Gasteiger partial charge >= 0.3 is 0 Å². The Morgan fingerprint density at radius 1 is 1.38 bits per heavy atom. The summed E-state index contributed by atoms with van der Waals surface area (Å²) in [6, 6.07) is 5.78. The van der Waals surface area contributed by atoms with Crippen molar-refractivity contribution in [2.75, 3.05) is 0 Å². The van der Waals surface area contributed by atoms with Crippen molar-refractivity contribution in [2.45, 2.75) is 26.3 Å². The van der Waals surface area contributed by atoms with Gasteiger partial charge in [0.25, 0.3) is 0 Å². The van der Waals surface area contributed by atoms with E-state index in [1.54, 1.807) is 0 Å². The summed E-state index contributed by atoms with van der Waals surface area (Å²) in [6.07, 6.45) is 0.669. The zero-order valence-electron chi connectivity index (χ0n) is 9.37. The molecule has 3 nitrogen and oxygen atoms in total. The summed E-state index contributed by atoms with van der Waals surface area (Å²) in [4.78, 5) is 8.89. The minimum Gasteiger partial charge on any atom is -0.328 e. The Morgan fingerprint density at radius 2 is 2.12 bits per heavy atom. The van der Waals surface area contributed by atoms with E-state index in [9.17, 15) is 0 Å². The fourth-order valence-corrected chi connectivity index (χ4v) is 1.92. The zero-order chi connectivity index (χ0) is 11.7. The maximum Gasteiger partial charge on any atom is 0.130 e. The van der Waals surface area contributed by atoms with Crippen LogP contribution in [0.4, 0.5) is 0 Å². The van der Waals surface area contributed by atoms with Crippen molar-refractivity contribution in [1.29, 1.82) is 0 Å². The fourth-order valence-electron chi connectivity index (χ4n) is 1.71. The number of hydrogen-bond acceptors (Lipinski definition) is 3. The van der Waals surface area contributed by atoms with Gasteiger partial charge in [-0.1, -0.05) is 23.7 Å². The lowest BCUT2D eigenvalue weighted by atomic mass is 10.1. The number of halogens is 1. The van der Waals surface area contributed by atoms with Crippen molar-refractivity contribution < 1.29 is 0 Å². The van der Waals surface area contributed by atoms with Gasteiger partial charge in [-0.3, -0.25) is 0 Å². The van der Waals surface area contributed by atoms with E-state index in [0.29, 0.717) is 11.4 Å². The number of hydrogen-bond donors (Lipinski definition) is 1. The van der Waals surface area contributed by atoms with Gasteiger partial charge in [-0.25, -0.2) is 9.97 Å². The van der Waals surface area contributed by atoms with Crippen LogP contribution in [0.3, 0.4) is 0 Å². The third kappa shape index (κ3) is 2.15. The first-order valence-electron chi connectivity index (χ1n) is 5.25. The van der Waals surface area contributed by atoms with Crippen LogP contribution in [0, 0.1) is 6.92 Å². The van der Waals surface area contributed by atoms with Crippen LogP contribution in [-0.4, -0.2) is 16.0 Å². The van der Waals surface area contributed by atoms with Crippen molar-refractivity contribution >= 4 is 22.5 Å². The molecule has 0 aliphatic heterocycles. The quantitative estimate of drug-likeness (QED) is 0.870. The first-order valence-corrected chi connectivity index (χ1v) is 5.63. The van der Waals surface area contributed by atoms with E-state index in [1.165, 1.54) is 0 Å². The maximum absolute atomic E-state index is 6.12. The van der Waals surface area contributed by atoms with Crippen LogP contribution in [0.5, 0.6) is 0 Å². The molecule has 0 bridgehead atoms. The Morgan fingerprint density at radius 3 is 2.81 bits per heavy atom. The molecule has 1 heterocycles. The molecule has 4 heteroatoms. The minimum absolute atomic E-state index is 0.0549. The Bertz CT molecular complexity index is 523. The molecule has 1 unspecified atom stereocenters. The van der Waals surface area contributed by atoms with Gasteiger partial charge in [0.2, 0.25) is 0 Å². The normalized spacial score (nSPS) is 13.0. The number of aromatic nitrogens is 2. The number of rotatable bonds is 2. The highest BCUT2D eigenvalue weighted by atomic mass is 35.5. The van der Waals surface area contributed by atoms with E-state index in [1.807, 2.05) is 32.0 Å². The van der Waals surface area contributed by atoms with Crippen molar-refractivity contribution in [3.63, 3.8) is 0 Å². The lowest BCUT2D eigenvalue weighted by Gasteiger charge is -2.08. The summed E-state index contributed by atoms with van der Waals surface area (Å²) in [6.45, 7) is 3.90. The summed E-state index contributed by atoms with van der Waals surface area (Å²) in [5.41, 5.74) is 7.50. The van der Waals surface area contributed by atoms with Gasteiger partial charge in [-0.2, -0.15) is 0 Å². The molecule has 2 N–H and O–H groups in total. The Balaban J connectivity index is 2.61. The lowest BCUT2D eigenvalue weighted by Crippen LogP contribution is -2.19. The molecule has 0 spiro atoms. The smallest absolute Gasteiger partial charge is 0.130 e. The zero-order valence-corrected chi connectivity index (χ0v) is 10.1. The first-order chi connectivity index (χ1) is 7.58. The molecule has 2 rings (SSSR count). The number of aryl methyl sites for hydroxylation is 1. The van der Waals surface area contributed by atoms with Gasteiger partial charge in [-0.15, -0.1) is 0 Å². The minimum atomic E-state index is 0.0549. The predicted molar refractivity (Wildman–Crippen MR) is 66.6 cm³/mol. The monoisotopic (exact) mass is 235 g/mol. The molecule has 0 amide bonds. The van der Waals surface area contributed by atoms with Crippen LogP contribution >= 0.6 is 11.6 Å². The molecule has 1 atom stereocenters. The molecule has 2 aromatic rings. The summed E-state index contributed by atoms with van der Waals surface area (Å²) in [7, 11) is 0. The van der Waals surface area contributed by atoms with Crippen LogP contribution < -0.4 is 5.73 Å². The van der Waals surface area contributed by atoms with Crippen LogP contribution in [0.25, 0.3) is 10.9 Å². The number of nitrogens with zero attached hydrogens (tertiary/aromatic N) is 2. The standard InChI is InChI=1S/C12H14ClN3/c1-7(14)6-11-15-8(2)9-4-3-5-10(13)12(9)16-11/h3-5,7H,6,14H2,1-2H3. The summed E-state index contributed by atoms with van der Waals surface area (Å²) < 4.78 is 0. The van der Waals surface area contributed by atoms with Gasteiger partial charge in [0, 0.05) is 23.5 Å². The molecule has 0 radical (unpaired) electrons. The molecular weight excluding hydrogens is 222 g/mol. The Kier molecular flexibility index (Phi) is 3.08. The van der Waals surface area contributed by atoms with Gasteiger partial charge < -0.3 is 5.73 Å². The third-order valence-corrected chi connectivity index (χ3v) is 2.72. The highest BCUT2D eigenvalue weighted by molar-refractivity contribution is 6.35. The van der Waals surface area contributed by atoms with Crippen LogP contribution in [0.1, 0.15) is 18.4 Å². The summed E-state index contributed by atoms with van der Waals surface area (Å²) >= 11 is 6.12. The average molecular weight is 236 g/mol. The van der Waals surface area contributed by atoms with Gasteiger partial charge in [0.1, 0.15) is 5.82 Å². The maximum atomic E-state index is 6.12. The first kappa shape index (κ1) is 11.3. The summed E-state index contributed by atoms with van der Waals surface area (Å²) in [5, 5.41) is 1.66. The topological polar surface area (TPSA) is 51.8 Å². The highest BCUT2D eigenvalue weighted by Crippen LogP contribution is 2.23. The second-order valence-corrected chi connectivity index (χ2v) is 4.45. The van der Waals surface area contributed by atoms with Crippen molar-refractivity contribution in [2.24, 2.45) is 5.73 Å². The number of para-hydroxylation sites is 1. The molecule has 16 heavy (non-hydrogen) atoms. The van der Waals surface area contributed by atoms with Gasteiger partial charge in [0.15, 0.2) is 0 Å². The third-order valence-electron chi connectivity index (χ3n) is 2.42. The second kappa shape index (κ2) is 4.36. The molecule has 0 saturated heterocycles.